The van der Waals surface area contributed by atoms with Gasteiger partial charge in [0.05, 0.1) is 22.3 Å². The molecule has 0 aliphatic carbocycles. The number of benzene rings is 1. The van der Waals surface area contributed by atoms with Crippen LogP contribution < -0.4 is 11.1 Å². The first-order valence-electron chi connectivity index (χ1n) is 8.37. The van der Waals surface area contributed by atoms with E-state index in [0.29, 0.717) is 6.42 Å². The predicted molar refractivity (Wildman–Crippen MR) is 101 cm³/mol. The number of hydrogen-bond donors (Lipinski definition) is 3. The van der Waals surface area contributed by atoms with Crippen molar-refractivity contribution in [2.75, 3.05) is 5.32 Å². The number of rotatable bonds is 3. The van der Waals surface area contributed by atoms with Crippen molar-refractivity contribution in [3.63, 3.8) is 0 Å². The number of anilines is 1. The first-order chi connectivity index (χ1) is 12.4. The molecule has 27 heavy (non-hydrogen) atoms. The van der Waals surface area contributed by atoms with Crippen LogP contribution in [0.15, 0.2) is 18.2 Å². The number of nitrogens with one attached hydrogen (secondary N) is 1. The molecule has 2 aromatic rings. The van der Waals surface area contributed by atoms with E-state index in [1.54, 1.807) is 0 Å². The number of fused-ring (bicyclic) bond motifs is 1. The largest absolute Gasteiger partial charge is 0.507 e. The summed E-state index contributed by atoms with van der Waals surface area (Å²) in [5.41, 5.74) is 5.34. The Morgan fingerprint density at radius 1 is 1.30 bits per heavy atom. The highest BCUT2D eigenvalue weighted by molar-refractivity contribution is 7.17. The Morgan fingerprint density at radius 2 is 1.96 bits per heavy atom. The van der Waals surface area contributed by atoms with E-state index < -0.39 is 34.6 Å². The van der Waals surface area contributed by atoms with Gasteiger partial charge in [0.1, 0.15) is 16.6 Å². The van der Waals surface area contributed by atoms with Crippen LogP contribution in [0.25, 0.3) is 0 Å². The summed E-state index contributed by atoms with van der Waals surface area (Å²) in [6, 6.07) is 3.10. The smallest absolute Gasteiger partial charge is 0.260 e. The van der Waals surface area contributed by atoms with Crippen molar-refractivity contribution >= 4 is 28.2 Å². The second kappa shape index (κ2) is 6.31. The second-order valence-corrected chi connectivity index (χ2v) is 8.66. The summed E-state index contributed by atoms with van der Waals surface area (Å²) in [7, 11) is 0. The third kappa shape index (κ3) is 3.54. The lowest BCUT2D eigenvalue weighted by atomic mass is 9.86. The van der Waals surface area contributed by atoms with Gasteiger partial charge in [0.15, 0.2) is 0 Å². The van der Waals surface area contributed by atoms with Crippen LogP contribution >= 0.6 is 11.3 Å². The second-order valence-electron chi connectivity index (χ2n) is 7.64. The number of ether oxygens (including phenoxy) is 1. The first kappa shape index (κ1) is 19.3. The molecule has 1 aliphatic heterocycles. The number of carbonyl (C=O) groups is 2. The van der Waals surface area contributed by atoms with Crippen molar-refractivity contribution in [2.45, 2.75) is 45.3 Å². The summed E-state index contributed by atoms with van der Waals surface area (Å²) in [6.45, 7) is 7.64. The Labute approximate surface area is 160 Å². The molecule has 0 fully saturated rings. The highest BCUT2D eigenvalue weighted by Gasteiger charge is 2.42. The average molecular weight is 392 g/mol. The van der Waals surface area contributed by atoms with Crippen LogP contribution in [-0.2, 0) is 16.8 Å². The maximum Gasteiger partial charge on any atom is 0.260 e. The van der Waals surface area contributed by atoms with Crippen molar-refractivity contribution < 1.29 is 23.8 Å². The quantitative estimate of drug-likeness (QED) is 0.744. The molecule has 0 radical (unpaired) electrons. The van der Waals surface area contributed by atoms with Crippen LogP contribution in [-0.4, -0.2) is 22.5 Å². The molecule has 0 unspecified atom stereocenters. The molecule has 2 amide bonds. The third-order valence-electron chi connectivity index (χ3n) is 4.37. The fourth-order valence-electron chi connectivity index (χ4n) is 3.53. The van der Waals surface area contributed by atoms with Crippen molar-refractivity contribution in [3.8, 4) is 5.75 Å². The van der Waals surface area contributed by atoms with Crippen LogP contribution in [0.4, 0.5) is 9.39 Å². The van der Waals surface area contributed by atoms with Gasteiger partial charge in [0, 0.05) is 17.4 Å². The number of thiophene rings is 1. The van der Waals surface area contributed by atoms with Crippen molar-refractivity contribution in [3.05, 3.63) is 45.6 Å². The molecule has 0 saturated heterocycles. The van der Waals surface area contributed by atoms with E-state index in [2.05, 4.69) is 5.32 Å². The Hall–Kier alpha value is -2.45. The molecule has 1 aromatic heterocycles. The summed E-state index contributed by atoms with van der Waals surface area (Å²) in [5.74, 6) is -2.46. The Morgan fingerprint density at radius 3 is 2.56 bits per heavy atom. The van der Waals surface area contributed by atoms with Crippen molar-refractivity contribution in [1.29, 1.82) is 0 Å². The number of aromatic hydroxyl groups is 1. The average Bonchev–Trinajstić information content (AvgIpc) is 2.83. The molecule has 0 bridgehead atoms. The minimum Gasteiger partial charge on any atom is -0.507 e. The molecule has 1 aromatic carbocycles. The number of phenols is 1. The van der Waals surface area contributed by atoms with Crippen LogP contribution in [0.3, 0.4) is 0 Å². The number of phenolic OH excluding ortho intramolecular Hbond substituents is 1. The molecule has 6 nitrogen and oxygen atoms in total. The monoisotopic (exact) mass is 392 g/mol. The third-order valence-corrected chi connectivity index (χ3v) is 5.82. The summed E-state index contributed by atoms with van der Waals surface area (Å²) in [6.07, 6.45) is 0.470. The molecule has 3 rings (SSSR count). The van der Waals surface area contributed by atoms with E-state index in [1.807, 2.05) is 27.7 Å². The van der Waals surface area contributed by atoms with E-state index >= 15 is 0 Å². The van der Waals surface area contributed by atoms with Gasteiger partial charge < -0.3 is 20.9 Å². The van der Waals surface area contributed by atoms with Gasteiger partial charge in [-0.1, -0.05) is 0 Å². The number of halogens is 1. The van der Waals surface area contributed by atoms with Gasteiger partial charge in [-0.25, -0.2) is 4.39 Å². The lowest BCUT2D eigenvalue weighted by Gasteiger charge is -2.41. The number of hydrogen-bond acceptors (Lipinski definition) is 5. The lowest BCUT2D eigenvalue weighted by Crippen LogP contribution is -2.42. The van der Waals surface area contributed by atoms with Gasteiger partial charge in [-0.05, 0) is 45.4 Å². The minimum absolute atomic E-state index is 0.103. The van der Waals surface area contributed by atoms with Gasteiger partial charge in [-0.15, -0.1) is 11.3 Å². The molecule has 0 atom stereocenters. The highest BCUT2D eigenvalue weighted by Crippen LogP contribution is 2.48. The molecule has 8 heteroatoms. The van der Waals surface area contributed by atoms with Crippen molar-refractivity contribution in [1.82, 2.24) is 0 Å². The van der Waals surface area contributed by atoms with Gasteiger partial charge in [-0.3, -0.25) is 9.59 Å². The number of primary amides is 1. The Bertz CT molecular complexity index is 949. The molecule has 2 heterocycles. The van der Waals surface area contributed by atoms with Crippen molar-refractivity contribution in [2.24, 2.45) is 5.73 Å². The van der Waals surface area contributed by atoms with Crippen LogP contribution in [0, 0.1) is 5.82 Å². The first-order valence-corrected chi connectivity index (χ1v) is 9.19. The minimum atomic E-state index is -0.661. The predicted octanol–water partition coefficient (Wildman–Crippen LogP) is 3.53. The van der Waals surface area contributed by atoms with Crippen LogP contribution in [0.1, 0.15) is 58.9 Å². The van der Waals surface area contributed by atoms with E-state index in [0.717, 1.165) is 22.6 Å². The number of nitrogens with two attached hydrogens (primary N) is 1. The van der Waals surface area contributed by atoms with Gasteiger partial charge >= 0.3 is 0 Å². The summed E-state index contributed by atoms with van der Waals surface area (Å²) in [4.78, 5) is 25.5. The Kier molecular flexibility index (Phi) is 4.52. The summed E-state index contributed by atoms with van der Waals surface area (Å²) < 4.78 is 19.3. The Balaban J connectivity index is 2.06. The fraction of sp³-hybridized carbons (Fsp3) is 0.368. The van der Waals surface area contributed by atoms with Crippen LogP contribution in [0.5, 0.6) is 5.75 Å². The molecular formula is C19H21FN2O4S. The lowest BCUT2D eigenvalue weighted by molar-refractivity contribution is -0.135. The molecule has 4 N–H and O–H groups in total. The SMILES string of the molecule is CC1(C)Cc2c(sc(NC(=O)c3ccc(F)cc3O)c2C(N)=O)C(C)(C)O1. The highest BCUT2D eigenvalue weighted by atomic mass is 32.1. The zero-order valence-corrected chi connectivity index (χ0v) is 16.3. The molecule has 1 aliphatic rings. The van der Waals surface area contributed by atoms with Crippen LogP contribution in [0.2, 0.25) is 0 Å². The number of carbonyl (C=O) groups excluding carboxylic acids is 2. The molecule has 0 spiro atoms. The zero-order chi connectivity index (χ0) is 20.1. The van der Waals surface area contributed by atoms with E-state index in [9.17, 15) is 19.1 Å². The normalized spacial score (nSPS) is 17.2. The molecular weight excluding hydrogens is 371 g/mol. The van der Waals surface area contributed by atoms with Gasteiger partial charge in [-0.2, -0.15) is 0 Å². The van der Waals surface area contributed by atoms with Gasteiger partial charge in [0.2, 0.25) is 0 Å². The number of amides is 2. The topological polar surface area (TPSA) is 102 Å². The van der Waals surface area contributed by atoms with E-state index in [4.69, 9.17) is 10.5 Å². The zero-order valence-electron chi connectivity index (χ0n) is 15.5. The summed E-state index contributed by atoms with van der Waals surface area (Å²) in [5, 5.41) is 12.7. The van der Waals surface area contributed by atoms with E-state index in [-0.39, 0.29) is 16.1 Å². The molecule has 0 saturated carbocycles. The molecule has 144 valence electrons. The fourth-order valence-corrected chi connectivity index (χ4v) is 4.79. The van der Waals surface area contributed by atoms with Gasteiger partial charge in [0.25, 0.3) is 11.8 Å². The summed E-state index contributed by atoms with van der Waals surface area (Å²) >= 11 is 1.22. The maximum atomic E-state index is 13.2. The standard InChI is InChI=1S/C19H21FN2O4S/c1-18(2)8-11-13(15(21)24)17(27-14(11)19(3,4)26-18)22-16(25)10-6-5-9(20)7-12(10)23/h5-7,23H,8H2,1-4H3,(H2,21,24)(H,22,25). The maximum absolute atomic E-state index is 13.2. The van der Waals surface area contributed by atoms with E-state index in [1.165, 1.54) is 17.4 Å².